The molecule has 0 spiro atoms. The molecule has 1 aliphatic rings. The predicted octanol–water partition coefficient (Wildman–Crippen LogP) is 1.90. The molecule has 16 heavy (non-hydrogen) atoms. The van der Waals surface area contributed by atoms with E-state index >= 15 is 0 Å². The normalized spacial score (nSPS) is 25.9. The van der Waals surface area contributed by atoms with Crippen LogP contribution in [-0.2, 0) is 16.8 Å². The molecule has 2 rings (SSSR count). The summed E-state index contributed by atoms with van der Waals surface area (Å²) >= 11 is 0. The average molecular weight is 224 g/mol. The molecule has 1 aromatic rings. The molecule has 0 aliphatic carbocycles. The Labute approximate surface area is 96.2 Å². The number of nitrogens with zero attached hydrogens (tertiary/aromatic N) is 1. The standard InChI is InChI=1S/C12H20N2O2/c1-9-10(5-7-13)16-11(14-9)12(2)6-3-4-8-15-12/h3-8,13H2,1-2H3. The smallest absolute Gasteiger partial charge is 0.226 e. The molecule has 90 valence electrons. The number of oxazole rings is 1. The zero-order valence-corrected chi connectivity index (χ0v) is 10.1. The van der Waals surface area contributed by atoms with Crippen LogP contribution in [0.25, 0.3) is 0 Å². The molecule has 0 saturated carbocycles. The second kappa shape index (κ2) is 4.55. The third kappa shape index (κ3) is 2.13. The number of aryl methyl sites for hydroxylation is 1. The summed E-state index contributed by atoms with van der Waals surface area (Å²) in [5, 5.41) is 0. The minimum atomic E-state index is -0.337. The van der Waals surface area contributed by atoms with E-state index in [1.54, 1.807) is 0 Å². The van der Waals surface area contributed by atoms with Crippen molar-refractivity contribution in [1.82, 2.24) is 4.98 Å². The second-order valence-corrected chi connectivity index (χ2v) is 4.60. The molecule has 2 heterocycles. The van der Waals surface area contributed by atoms with Crippen molar-refractivity contribution in [1.29, 1.82) is 0 Å². The van der Waals surface area contributed by atoms with Crippen LogP contribution in [0.1, 0.15) is 43.5 Å². The van der Waals surface area contributed by atoms with Gasteiger partial charge in [-0.25, -0.2) is 4.98 Å². The van der Waals surface area contributed by atoms with Crippen molar-refractivity contribution in [2.45, 2.75) is 45.1 Å². The number of hydrogen-bond acceptors (Lipinski definition) is 4. The highest BCUT2D eigenvalue weighted by Gasteiger charge is 2.35. The molecule has 4 heteroatoms. The molecular formula is C12H20N2O2. The minimum absolute atomic E-state index is 0.337. The van der Waals surface area contributed by atoms with E-state index in [0.29, 0.717) is 12.4 Å². The van der Waals surface area contributed by atoms with Crippen molar-refractivity contribution >= 4 is 0 Å². The topological polar surface area (TPSA) is 61.3 Å². The Morgan fingerprint density at radius 2 is 2.25 bits per heavy atom. The first-order chi connectivity index (χ1) is 7.65. The predicted molar refractivity (Wildman–Crippen MR) is 61.2 cm³/mol. The van der Waals surface area contributed by atoms with Crippen molar-refractivity contribution in [3.63, 3.8) is 0 Å². The molecule has 0 radical (unpaired) electrons. The monoisotopic (exact) mass is 224 g/mol. The Morgan fingerprint density at radius 1 is 1.44 bits per heavy atom. The maximum atomic E-state index is 5.81. The highest BCUT2D eigenvalue weighted by molar-refractivity contribution is 5.12. The molecule has 2 N–H and O–H groups in total. The lowest BCUT2D eigenvalue weighted by Crippen LogP contribution is -2.30. The summed E-state index contributed by atoms with van der Waals surface area (Å²) < 4.78 is 11.6. The summed E-state index contributed by atoms with van der Waals surface area (Å²) in [7, 11) is 0. The van der Waals surface area contributed by atoms with Crippen LogP contribution < -0.4 is 5.73 Å². The van der Waals surface area contributed by atoms with Gasteiger partial charge in [0, 0.05) is 13.0 Å². The van der Waals surface area contributed by atoms with Crippen LogP contribution in [0, 0.1) is 6.92 Å². The Kier molecular flexibility index (Phi) is 3.30. The third-order valence-electron chi connectivity index (χ3n) is 3.19. The molecule has 1 saturated heterocycles. The summed E-state index contributed by atoms with van der Waals surface area (Å²) in [6, 6.07) is 0. The van der Waals surface area contributed by atoms with Gasteiger partial charge in [0.15, 0.2) is 0 Å². The summed E-state index contributed by atoms with van der Waals surface area (Å²) in [5.74, 6) is 1.61. The largest absolute Gasteiger partial charge is 0.442 e. The highest BCUT2D eigenvalue weighted by Crippen LogP contribution is 2.34. The SMILES string of the molecule is Cc1nc(C2(C)CCCCO2)oc1CCN. The van der Waals surface area contributed by atoms with E-state index < -0.39 is 0 Å². The fourth-order valence-electron chi connectivity index (χ4n) is 2.12. The minimum Gasteiger partial charge on any atom is -0.442 e. The molecule has 0 bridgehead atoms. The number of rotatable bonds is 3. The summed E-state index contributed by atoms with van der Waals surface area (Å²) in [6.07, 6.45) is 4.03. The lowest BCUT2D eigenvalue weighted by molar-refractivity contribution is -0.0870. The Morgan fingerprint density at radius 3 is 2.88 bits per heavy atom. The van der Waals surface area contributed by atoms with E-state index in [-0.39, 0.29) is 5.60 Å². The Bertz CT molecular complexity index is 354. The van der Waals surface area contributed by atoms with Crippen molar-refractivity contribution in [3.8, 4) is 0 Å². The maximum absolute atomic E-state index is 5.81. The van der Waals surface area contributed by atoms with Gasteiger partial charge in [-0.15, -0.1) is 0 Å². The Balaban J connectivity index is 2.22. The van der Waals surface area contributed by atoms with Crippen molar-refractivity contribution in [2.75, 3.05) is 13.2 Å². The lowest BCUT2D eigenvalue weighted by Gasteiger charge is -2.30. The maximum Gasteiger partial charge on any atom is 0.226 e. The van der Waals surface area contributed by atoms with Crippen LogP contribution in [0.5, 0.6) is 0 Å². The molecule has 1 unspecified atom stereocenters. The molecule has 0 amide bonds. The zero-order valence-electron chi connectivity index (χ0n) is 10.1. The van der Waals surface area contributed by atoms with Crippen LogP contribution in [0.4, 0.5) is 0 Å². The molecular weight excluding hydrogens is 204 g/mol. The van der Waals surface area contributed by atoms with E-state index in [0.717, 1.165) is 37.3 Å². The van der Waals surface area contributed by atoms with Gasteiger partial charge in [-0.05, 0) is 39.7 Å². The van der Waals surface area contributed by atoms with Gasteiger partial charge in [0.1, 0.15) is 11.4 Å². The lowest BCUT2D eigenvalue weighted by atomic mass is 9.96. The number of ether oxygens (including phenoxy) is 1. The zero-order chi connectivity index (χ0) is 11.6. The number of hydrogen-bond donors (Lipinski definition) is 1. The fourth-order valence-corrected chi connectivity index (χ4v) is 2.12. The van der Waals surface area contributed by atoms with Crippen molar-refractivity contribution < 1.29 is 9.15 Å². The first-order valence-electron chi connectivity index (χ1n) is 5.96. The van der Waals surface area contributed by atoms with E-state index in [2.05, 4.69) is 11.9 Å². The first kappa shape index (κ1) is 11.6. The van der Waals surface area contributed by atoms with Gasteiger partial charge in [-0.2, -0.15) is 0 Å². The van der Waals surface area contributed by atoms with Gasteiger partial charge < -0.3 is 14.9 Å². The van der Waals surface area contributed by atoms with Crippen LogP contribution in [0.3, 0.4) is 0 Å². The Hall–Kier alpha value is -0.870. The van der Waals surface area contributed by atoms with Gasteiger partial charge in [0.25, 0.3) is 0 Å². The summed E-state index contributed by atoms with van der Waals surface area (Å²) in [6.45, 7) is 5.41. The van der Waals surface area contributed by atoms with Crippen LogP contribution >= 0.6 is 0 Å². The van der Waals surface area contributed by atoms with Gasteiger partial charge in [0.2, 0.25) is 5.89 Å². The van der Waals surface area contributed by atoms with E-state index in [4.69, 9.17) is 14.9 Å². The first-order valence-corrected chi connectivity index (χ1v) is 5.96. The van der Waals surface area contributed by atoms with E-state index in [1.165, 1.54) is 6.42 Å². The highest BCUT2D eigenvalue weighted by atomic mass is 16.5. The third-order valence-corrected chi connectivity index (χ3v) is 3.19. The van der Waals surface area contributed by atoms with Crippen LogP contribution in [0.15, 0.2) is 4.42 Å². The van der Waals surface area contributed by atoms with Gasteiger partial charge in [0.05, 0.1) is 5.69 Å². The van der Waals surface area contributed by atoms with Crippen molar-refractivity contribution in [2.24, 2.45) is 5.73 Å². The average Bonchev–Trinajstić information content (AvgIpc) is 2.63. The van der Waals surface area contributed by atoms with Crippen LogP contribution in [-0.4, -0.2) is 18.1 Å². The summed E-state index contributed by atoms with van der Waals surface area (Å²) in [5.41, 5.74) is 6.13. The van der Waals surface area contributed by atoms with E-state index in [9.17, 15) is 0 Å². The number of nitrogens with two attached hydrogens (primary N) is 1. The number of aromatic nitrogens is 1. The summed E-state index contributed by atoms with van der Waals surface area (Å²) in [4.78, 5) is 4.48. The quantitative estimate of drug-likeness (QED) is 0.851. The van der Waals surface area contributed by atoms with Crippen molar-refractivity contribution in [3.05, 3.63) is 17.3 Å². The molecule has 0 aromatic carbocycles. The molecule has 1 aromatic heterocycles. The molecule has 1 atom stereocenters. The molecule has 1 fully saturated rings. The molecule has 4 nitrogen and oxygen atoms in total. The molecule has 1 aliphatic heterocycles. The van der Waals surface area contributed by atoms with E-state index in [1.807, 2.05) is 6.92 Å². The van der Waals surface area contributed by atoms with Gasteiger partial charge in [-0.1, -0.05) is 0 Å². The van der Waals surface area contributed by atoms with Gasteiger partial charge >= 0.3 is 0 Å². The second-order valence-electron chi connectivity index (χ2n) is 4.60. The van der Waals surface area contributed by atoms with Crippen LogP contribution in [0.2, 0.25) is 0 Å². The fraction of sp³-hybridized carbons (Fsp3) is 0.750. The van der Waals surface area contributed by atoms with Gasteiger partial charge in [-0.3, -0.25) is 0 Å².